The number of imide groups is 1. The SMILES string of the molecule is O=C(ON1C(=O)CCC1=O)C(S)C1CCCCO1. The summed E-state index contributed by atoms with van der Waals surface area (Å²) in [5.41, 5.74) is 0. The van der Waals surface area contributed by atoms with E-state index in [-0.39, 0.29) is 18.9 Å². The third-order valence-electron chi connectivity index (χ3n) is 3.00. The number of rotatable bonds is 3. The number of hydrogen-bond donors (Lipinski definition) is 1. The maximum atomic E-state index is 11.8. The van der Waals surface area contributed by atoms with Crippen molar-refractivity contribution < 1.29 is 24.0 Å². The van der Waals surface area contributed by atoms with Crippen molar-refractivity contribution in [3.8, 4) is 0 Å². The van der Waals surface area contributed by atoms with Gasteiger partial charge in [0.2, 0.25) is 0 Å². The van der Waals surface area contributed by atoms with E-state index in [9.17, 15) is 14.4 Å². The van der Waals surface area contributed by atoms with E-state index in [2.05, 4.69) is 12.6 Å². The van der Waals surface area contributed by atoms with Gasteiger partial charge in [-0.1, -0.05) is 0 Å². The van der Waals surface area contributed by atoms with Gasteiger partial charge in [-0.05, 0) is 19.3 Å². The molecule has 2 fully saturated rings. The van der Waals surface area contributed by atoms with Gasteiger partial charge in [0, 0.05) is 19.4 Å². The van der Waals surface area contributed by atoms with Crippen LogP contribution in [0.5, 0.6) is 0 Å². The van der Waals surface area contributed by atoms with Crippen LogP contribution < -0.4 is 0 Å². The van der Waals surface area contributed by atoms with Gasteiger partial charge in [0.25, 0.3) is 11.8 Å². The Balaban J connectivity index is 1.90. The summed E-state index contributed by atoms with van der Waals surface area (Å²) in [6, 6.07) is 0. The lowest BCUT2D eigenvalue weighted by Crippen LogP contribution is -2.40. The number of amides is 2. The largest absolute Gasteiger partial charge is 0.376 e. The van der Waals surface area contributed by atoms with Crippen LogP contribution in [0.15, 0.2) is 0 Å². The number of hydroxylamine groups is 2. The molecular weight excluding hydrogens is 258 g/mol. The zero-order chi connectivity index (χ0) is 13.1. The van der Waals surface area contributed by atoms with Crippen LogP contribution in [0.2, 0.25) is 0 Å². The Morgan fingerprint density at radius 3 is 2.56 bits per heavy atom. The molecule has 2 aliphatic heterocycles. The first-order valence-corrected chi connectivity index (χ1v) is 6.48. The lowest BCUT2D eigenvalue weighted by Gasteiger charge is -2.26. The first-order valence-electron chi connectivity index (χ1n) is 5.97. The van der Waals surface area contributed by atoms with E-state index in [1.54, 1.807) is 0 Å². The maximum Gasteiger partial charge on any atom is 0.348 e. The molecule has 0 saturated carbocycles. The second-order valence-electron chi connectivity index (χ2n) is 4.34. The Kier molecular flexibility index (Phi) is 4.23. The van der Waals surface area contributed by atoms with Gasteiger partial charge in [-0.2, -0.15) is 12.6 Å². The predicted molar refractivity (Wildman–Crippen MR) is 63.5 cm³/mol. The molecule has 0 spiro atoms. The van der Waals surface area contributed by atoms with Crippen LogP contribution in [-0.2, 0) is 24.0 Å². The van der Waals surface area contributed by atoms with Crippen molar-refractivity contribution in [1.29, 1.82) is 0 Å². The van der Waals surface area contributed by atoms with Crippen LogP contribution in [0.25, 0.3) is 0 Å². The van der Waals surface area contributed by atoms with Crippen LogP contribution in [0.4, 0.5) is 0 Å². The van der Waals surface area contributed by atoms with E-state index in [1.807, 2.05) is 0 Å². The molecule has 7 heteroatoms. The molecule has 0 radical (unpaired) electrons. The summed E-state index contributed by atoms with van der Waals surface area (Å²) in [6.07, 6.45) is 2.52. The highest BCUT2D eigenvalue weighted by molar-refractivity contribution is 7.81. The molecule has 2 saturated heterocycles. The zero-order valence-electron chi connectivity index (χ0n) is 9.83. The molecule has 0 aromatic carbocycles. The van der Waals surface area contributed by atoms with E-state index < -0.39 is 23.0 Å². The van der Waals surface area contributed by atoms with Crippen molar-refractivity contribution in [2.75, 3.05) is 6.61 Å². The summed E-state index contributed by atoms with van der Waals surface area (Å²) in [6.45, 7) is 0.594. The lowest BCUT2D eigenvalue weighted by atomic mass is 10.1. The molecule has 2 unspecified atom stereocenters. The molecule has 2 amide bonds. The molecule has 2 rings (SSSR count). The highest BCUT2D eigenvalue weighted by atomic mass is 32.1. The summed E-state index contributed by atoms with van der Waals surface area (Å²) in [5, 5.41) is -0.236. The molecule has 2 heterocycles. The molecule has 0 aliphatic carbocycles. The number of hydrogen-bond acceptors (Lipinski definition) is 6. The van der Waals surface area contributed by atoms with Crippen LogP contribution in [0.3, 0.4) is 0 Å². The fourth-order valence-corrected chi connectivity index (χ4v) is 2.25. The fourth-order valence-electron chi connectivity index (χ4n) is 1.97. The number of carbonyl (C=O) groups is 3. The van der Waals surface area contributed by atoms with Gasteiger partial charge in [0.1, 0.15) is 5.25 Å². The topological polar surface area (TPSA) is 72.9 Å². The van der Waals surface area contributed by atoms with Gasteiger partial charge in [-0.15, -0.1) is 5.06 Å². The molecular formula is C11H15NO5S. The second-order valence-corrected chi connectivity index (χ2v) is 4.90. The van der Waals surface area contributed by atoms with Gasteiger partial charge in [0.15, 0.2) is 0 Å². The molecule has 0 aromatic heterocycles. The van der Waals surface area contributed by atoms with Crippen LogP contribution >= 0.6 is 12.6 Å². The number of ether oxygens (including phenoxy) is 1. The number of thiol groups is 1. The smallest absolute Gasteiger partial charge is 0.348 e. The molecule has 0 aromatic rings. The Bertz CT molecular complexity index is 350. The Labute approximate surface area is 110 Å². The van der Waals surface area contributed by atoms with E-state index in [0.717, 1.165) is 19.3 Å². The van der Waals surface area contributed by atoms with Gasteiger partial charge < -0.3 is 9.57 Å². The number of carbonyl (C=O) groups excluding carboxylic acids is 3. The summed E-state index contributed by atoms with van der Waals surface area (Å²) in [7, 11) is 0. The third-order valence-corrected chi connectivity index (χ3v) is 3.54. The van der Waals surface area contributed by atoms with Crippen molar-refractivity contribution in [3.05, 3.63) is 0 Å². The minimum absolute atomic E-state index is 0.0866. The molecule has 100 valence electrons. The van der Waals surface area contributed by atoms with E-state index in [4.69, 9.17) is 9.57 Å². The minimum atomic E-state index is -0.772. The molecule has 2 atom stereocenters. The van der Waals surface area contributed by atoms with Gasteiger partial charge in [0.05, 0.1) is 6.10 Å². The summed E-state index contributed by atoms with van der Waals surface area (Å²) >= 11 is 4.15. The molecule has 0 N–H and O–H groups in total. The highest BCUT2D eigenvalue weighted by Gasteiger charge is 2.36. The fraction of sp³-hybridized carbons (Fsp3) is 0.727. The monoisotopic (exact) mass is 273 g/mol. The molecule has 6 nitrogen and oxygen atoms in total. The van der Waals surface area contributed by atoms with Crippen molar-refractivity contribution in [2.45, 2.75) is 43.5 Å². The van der Waals surface area contributed by atoms with Crippen molar-refractivity contribution in [1.82, 2.24) is 5.06 Å². The lowest BCUT2D eigenvalue weighted by molar-refractivity contribution is -0.198. The van der Waals surface area contributed by atoms with Crippen LogP contribution in [0, 0.1) is 0 Å². The number of nitrogens with zero attached hydrogens (tertiary/aromatic N) is 1. The normalized spacial score (nSPS) is 26.3. The predicted octanol–water partition coefficient (Wildman–Crippen LogP) is 0.461. The summed E-state index contributed by atoms with van der Waals surface area (Å²) in [5.74, 6) is -1.69. The van der Waals surface area contributed by atoms with Crippen molar-refractivity contribution in [2.24, 2.45) is 0 Å². The summed E-state index contributed by atoms with van der Waals surface area (Å²) < 4.78 is 5.41. The summed E-state index contributed by atoms with van der Waals surface area (Å²) in [4.78, 5) is 39.1. The zero-order valence-corrected chi connectivity index (χ0v) is 10.7. The second kappa shape index (κ2) is 5.71. The first-order chi connectivity index (χ1) is 8.59. The van der Waals surface area contributed by atoms with Crippen molar-refractivity contribution >= 4 is 30.4 Å². The average Bonchev–Trinajstić information content (AvgIpc) is 2.70. The Morgan fingerprint density at radius 1 is 1.33 bits per heavy atom. The van der Waals surface area contributed by atoms with Gasteiger partial charge in [-0.25, -0.2) is 4.79 Å². The van der Waals surface area contributed by atoms with E-state index in [1.165, 1.54) is 0 Å². The quantitative estimate of drug-likeness (QED) is 0.597. The molecule has 18 heavy (non-hydrogen) atoms. The molecule has 2 aliphatic rings. The molecule has 0 bridgehead atoms. The van der Waals surface area contributed by atoms with E-state index in [0.29, 0.717) is 11.7 Å². The van der Waals surface area contributed by atoms with Gasteiger partial charge in [-0.3, -0.25) is 9.59 Å². The van der Waals surface area contributed by atoms with Crippen LogP contribution in [0.1, 0.15) is 32.1 Å². The van der Waals surface area contributed by atoms with Gasteiger partial charge >= 0.3 is 5.97 Å². The van der Waals surface area contributed by atoms with Crippen LogP contribution in [-0.4, -0.2) is 40.8 Å². The maximum absolute atomic E-state index is 11.8. The van der Waals surface area contributed by atoms with Crippen molar-refractivity contribution in [3.63, 3.8) is 0 Å². The Hall–Kier alpha value is -1.08. The average molecular weight is 273 g/mol. The Morgan fingerprint density at radius 2 is 2.00 bits per heavy atom. The minimum Gasteiger partial charge on any atom is -0.376 e. The standard InChI is InChI=1S/C11H15NO5S/c13-8-4-5-9(14)12(8)17-11(15)10(18)7-3-1-2-6-16-7/h7,10,18H,1-6H2. The van der Waals surface area contributed by atoms with E-state index >= 15 is 0 Å². The highest BCUT2D eigenvalue weighted by Crippen LogP contribution is 2.21. The first kappa shape index (κ1) is 13.4. The third kappa shape index (κ3) is 2.84.